The van der Waals surface area contributed by atoms with E-state index in [9.17, 15) is 8.42 Å². The Labute approximate surface area is 252 Å². The molecule has 1 heterocycles. The third kappa shape index (κ3) is 6.55. The van der Waals surface area contributed by atoms with Crippen LogP contribution in [-0.4, -0.2) is 44.8 Å². The van der Waals surface area contributed by atoms with Gasteiger partial charge in [-0.05, 0) is 84.6 Å². The number of hydrogen-bond acceptors (Lipinski definition) is 4. The number of nitrogens with zero attached hydrogens (tertiary/aromatic N) is 2. The van der Waals surface area contributed by atoms with Gasteiger partial charge in [-0.25, -0.2) is 8.42 Å². The molecule has 0 amide bonds. The number of unbranched alkanes of at least 4 members (excludes halogenated alkanes) is 1. The van der Waals surface area contributed by atoms with E-state index in [2.05, 4.69) is 54.9 Å². The molecule has 0 bridgehead atoms. The van der Waals surface area contributed by atoms with Crippen LogP contribution in [0.25, 0.3) is 10.8 Å². The number of aryl methyl sites for hydroxylation is 2. The molecule has 0 saturated carbocycles. The van der Waals surface area contributed by atoms with Gasteiger partial charge >= 0.3 is 0 Å². The molecule has 1 unspecified atom stereocenters. The van der Waals surface area contributed by atoms with Crippen LogP contribution in [0, 0.1) is 13.8 Å². The maximum absolute atomic E-state index is 14.1. The zero-order valence-corrected chi connectivity index (χ0v) is 26.4. The fourth-order valence-corrected chi connectivity index (χ4v) is 7.98. The molecule has 0 fully saturated rings. The van der Waals surface area contributed by atoms with Gasteiger partial charge in [0.25, 0.3) is 10.0 Å². The molecule has 6 nitrogen and oxygen atoms in total. The second kappa shape index (κ2) is 12.4. The highest BCUT2D eigenvalue weighted by Crippen LogP contribution is 2.37. The minimum Gasteiger partial charge on any atom is -0.454 e. The minimum absolute atomic E-state index is 0.139. The van der Waals surface area contributed by atoms with Gasteiger partial charge in [0.05, 0.1) is 23.7 Å². The van der Waals surface area contributed by atoms with Gasteiger partial charge < -0.3 is 14.0 Å². The molecule has 1 atom stereocenters. The lowest BCUT2D eigenvalue weighted by atomic mass is 10.1. The Bertz CT molecular complexity index is 1620. The molecule has 0 aromatic heterocycles. The van der Waals surface area contributed by atoms with E-state index in [1.54, 1.807) is 30.3 Å². The average Bonchev–Trinajstić information content (AvgIpc) is 3.43. The van der Waals surface area contributed by atoms with Gasteiger partial charge in [0.1, 0.15) is 12.0 Å². The van der Waals surface area contributed by atoms with Crippen molar-refractivity contribution < 1.29 is 22.4 Å². The zero-order chi connectivity index (χ0) is 29.0. The molecule has 0 spiro atoms. The van der Waals surface area contributed by atoms with E-state index < -0.39 is 10.0 Å². The number of halogens is 1. The number of fused-ring (bicyclic) bond motifs is 2. The highest BCUT2D eigenvalue weighted by molar-refractivity contribution is 9.09. The van der Waals surface area contributed by atoms with Crippen LogP contribution in [-0.2, 0) is 16.6 Å². The number of alkyl halides is 1. The number of ether oxygens (including phenoxy) is 2. The number of sulfonamides is 1. The summed E-state index contributed by atoms with van der Waals surface area (Å²) >= 11 is 3.80. The Morgan fingerprint density at radius 2 is 1.59 bits per heavy atom. The van der Waals surface area contributed by atoms with Crippen molar-refractivity contribution in [3.63, 3.8) is 0 Å². The van der Waals surface area contributed by atoms with Crippen molar-refractivity contribution in [1.29, 1.82) is 0 Å². The predicted octanol–water partition coefficient (Wildman–Crippen LogP) is 7.55. The van der Waals surface area contributed by atoms with Gasteiger partial charge in [0, 0.05) is 18.2 Å². The lowest BCUT2D eigenvalue weighted by Crippen LogP contribution is -2.47. The first-order chi connectivity index (χ1) is 19.7. The second-order valence-electron chi connectivity index (χ2n) is 11.0. The van der Waals surface area contributed by atoms with Crippen LogP contribution in [0.3, 0.4) is 0 Å². The first-order valence-electron chi connectivity index (χ1n) is 14.1. The lowest BCUT2D eigenvalue weighted by molar-refractivity contribution is -0.926. The topological polar surface area (TPSA) is 55.8 Å². The van der Waals surface area contributed by atoms with Crippen LogP contribution < -0.4 is 13.8 Å². The first-order valence-corrected chi connectivity index (χ1v) is 16.7. The highest BCUT2D eigenvalue weighted by Gasteiger charge is 2.29. The molecular weight excluding hydrogens is 600 g/mol. The van der Waals surface area contributed by atoms with Crippen molar-refractivity contribution in [2.24, 2.45) is 0 Å². The van der Waals surface area contributed by atoms with Crippen molar-refractivity contribution in [3.8, 4) is 11.5 Å². The number of rotatable bonds is 12. The number of hydrogen-bond donors (Lipinski definition) is 0. The summed E-state index contributed by atoms with van der Waals surface area (Å²) in [5.41, 5.74) is 5.32. The Kier molecular flexibility index (Phi) is 8.92. The summed E-state index contributed by atoms with van der Waals surface area (Å²) in [6, 6.07) is 25.3. The molecule has 0 N–H and O–H groups in total. The summed E-state index contributed by atoms with van der Waals surface area (Å²) in [5.74, 6) is 1.20. The standard InChI is InChI=1S/C33H38BrN2O4S/c1-4-36(23-34,22-27-18-25(2)17-26(3)19-27)16-8-7-15-35(30-12-14-32-33(21-30)40-24-39-32)41(37,38)31-13-11-28-9-5-6-10-29(28)20-31/h5-6,9-14,17-21H,4,7-8,15-16,22-24H2,1-3H3/q+1. The Balaban J connectivity index is 1.37. The van der Waals surface area contributed by atoms with Crippen LogP contribution in [0.5, 0.6) is 11.5 Å². The van der Waals surface area contributed by atoms with E-state index in [-0.39, 0.29) is 11.7 Å². The summed E-state index contributed by atoms with van der Waals surface area (Å²) in [4.78, 5) is 0.280. The molecule has 4 aromatic carbocycles. The fourth-order valence-electron chi connectivity index (χ4n) is 5.67. The maximum Gasteiger partial charge on any atom is 0.264 e. The molecule has 0 saturated heterocycles. The monoisotopic (exact) mass is 637 g/mol. The SMILES string of the molecule is CC[N+](CBr)(CCCCN(c1ccc2c(c1)OCO2)S(=O)(=O)c1ccc2ccccc2c1)Cc1cc(C)cc(C)c1. The molecule has 41 heavy (non-hydrogen) atoms. The normalized spacial score (nSPS) is 14.2. The molecule has 5 rings (SSSR count). The second-order valence-corrected chi connectivity index (χ2v) is 13.3. The number of benzene rings is 4. The highest BCUT2D eigenvalue weighted by atomic mass is 79.9. The Morgan fingerprint density at radius 3 is 2.32 bits per heavy atom. The van der Waals surface area contributed by atoms with E-state index >= 15 is 0 Å². The van der Waals surface area contributed by atoms with Crippen LogP contribution in [0.4, 0.5) is 5.69 Å². The summed E-state index contributed by atoms with van der Waals surface area (Å²) in [5, 5.41) is 1.90. The van der Waals surface area contributed by atoms with Gasteiger partial charge in [-0.15, -0.1) is 0 Å². The molecule has 4 aromatic rings. The van der Waals surface area contributed by atoms with E-state index in [0.717, 1.165) is 53.2 Å². The minimum atomic E-state index is -3.83. The largest absolute Gasteiger partial charge is 0.454 e. The average molecular weight is 639 g/mol. The summed E-state index contributed by atoms with van der Waals surface area (Å²) < 4.78 is 41.7. The summed E-state index contributed by atoms with van der Waals surface area (Å²) in [6.07, 6.45) is 1.61. The molecule has 216 valence electrons. The lowest BCUT2D eigenvalue weighted by Gasteiger charge is -2.36. The van der Waals surface area contributed by atoms with E-state index in [1.807, 2.05) is 30.3 Å². The predicted molar refractivity (Wildman–Crippen MR) is 169 cm³/mol. The van der Waals surface area contributed by atoms with E-state index in [1.165, 1.54) is 21.0 Å². The van der Waals surface area contributed by atoms with Crippen molar-refractivity contribution in [3.05, 3.63) is 95.6 Å². The molecule has 0 radical (unpaired) electrons. The fraction of sp³-hybridized carbons (Fsp3) is 0.333. The van der Waals surface area contributed by atoms with Crippen LogP contribution in [0.1, 0.15) is 36.5 Å². The number of quaternary nitrogens is 1. The Hall–Kier alpha value is -3.07. The van der Waals surface area contributed by atoms with Gasteiger partial charge in [-0.2, -0.15) is 0 Å². The smallest absolute Gasteiger partial charge is 0.264 e. The number of anilines is 1. The van der Waals surface area contributed by atoms with Crippen LogP contribution >= 0.6 is 15.9 Å². The van der Waals surface area contributed by atoms with Gasteiger partial charge in [-0.1, -0.05) is 59.7 Å². The quantitative estimate of drug-likeness (QED) is 0.0696. The van der Waals surface area contributed by atoms with Crippen molar-refractivity contribution in [2.75, 3.05) is 36.2 Å². The van der Waals surface area contributed by atoms with Crippen LogP contribution in [0.2, 0.25) is 0 Å². The maximum atomic E-state index is 14.1. The third-order valence-corrected chi connectivity index (χ3v) is 10.8. The summed E-state index contributed by atoms with van der Waals surface area (Å²) in [7, 11) is -3.83. The molecule has 8 heteroatoms. The van der Waals surface area contributed by atoms with Gasteiger partial charge in [0.15, 0.2) is 11.5 Å². The third-order valence-electron chi connectivity index (χ3n) is 7.92. The molecule has 0 aliphatic carbocycles. The van der Waals surface area contributed by atoms with Crippen molar-refractivity contribution in [1.82, 2.24) is 0 Å². The van der Waals surface area contributed by atoms with Crippen molar-refractivity contribution >= 4 is 42.4 Å². The van der Waals surface area contributed by atoms with E-state index in [0.29, 0.717) is 23.7 Å². The van der Waals surface area contributed by atoms with Gasteiger partial charge in [0.2, 0.25) is 6.79 Å². The summed E-state index contributed by atoms with van der Waals surface area (Å²) in [6.45, 7) is 9.89. The van der Waals surface area contributed by atoms with E-state index in [4.69, 9.17) is 9.47 Å². The van der Waals surface area contributed by atoms with Crippen molar-refractivity contribution in [2.45, 2.75) is 45.1 Å². The molecule has 1 aliphatic rings. The van der Waals surface area contributed by atoms with Gasteiger partial charge in [-0.3, -0.25) is 4.31 Å². The molecular formula is C33H38BrN2O4S+. The molecule has 1 aliphatic heterocycles. The van der Waals surface area contributed by atoms with Crippen LogP contribution in [0.15, 0.2) is 83.8 Å². The zero-order valence-electron chi connectivity index (χ0n) is 24.0. The first kappa shape index (κ1) is 29.4. The Morgan fingerprint density at radius 1 is 0.854 bits per heavy atom.